The Morgan fingerprint density at radius 2 is 2.08 bits per heavy atom. The minimum absolute atomic E-state index is 0.0312. The molecule has 1 fully saturated rings. The lowest BCUT2D eigenvalue weighted by Crippen LogP contribution is -2.32. The van der Waals surface area contributed by atoms with Crippen molar-refractivity contribution in [3.05, 3.63) is 24.0 Å². The first-order chi connectivity index (χ1) is 11.7. The molecule has 0 amide bonds. The van der Waals surface area contributed by atoms with E-state index in [9.17, 15) is 18.3 Å². The summed E-state index contributed by atoms with van der Waals surface area (Å²) >= 11 is 0. The van der Waals surface area contributed by atoms with Gasteiger partial charge in [0, 0.05) is 24.7 Å². The van der Waals surface area contributed by atoms with Gasteiger partial charge in [0.15, 0.2) is 11.4 Å². The molecule has 2 aromatic rings. The van der Waals surface area contributed by atoms with Crippen molar-refractivity contribution in [3.63, 3.8) is 0 Å². The smallest absolute Gasteiger partial charge is 0.373 e. The maximum absolute atomic E-state index is 12.8. The molecule has 8 nitrogen and oxygen atoms in total. The molecule has 1 unspecified atom stereocenters. The van der Waals surface area contributed by atoms with Gasteiger partial charge in [0.1, 0.15) is 5.69 Å². The number of nitrogen functional groups attached to an aromatic ring is 1. The molecule has 3 N–H and O–H groups in total. The summed E-state index contributed by atoms with van der Waals surface area (Å²) in [6.07, 6.45) is -3.41. The van der Waals surface area contributed by atoms with Crippen LogP contribution in [0.2, 0.25) is 0 Å². The Morgan fingerprint density at radius 3 is 2.72 bits per heavy atom. The largest absolute Gasteiger partial charge is 0.433 e. The van der Waals surface area contributed by atoms with E-state index in [0.717, 1.165) is 12.3 Å². The van der Waals surface area contributed by atoms with Crippen LogP contribution in [-0.4, -0.2) is 43.7 Å². The van der Waals surface area contributed by atoms with Crippen molar-refractivity contribution in [2.75, 3.05) is 23.7 Å². The number of aliphatic hydroxyl groups is 1. The predicted octanol–water partition coefficient (Wildman–Crippen LogP) is 0.999. The number of nitriles is 1. The van der Waals surface area contributed by atoms with Crippen LogP contribution in [0, 0.1) is 11.3 Å². The molecule has 1 saturated heterocycles. The van der Waals surface area contributed by atoms with Gasteiger partial charge in [-0.1, -0.05) is 0 Å². The maximum Gasteiger partial charge on any atom is 0.433 e. The molecule has 130 valence electrons. The van der Waals surface area contributed by atoms with Crippen LogP contribution in [-0.2, 0) is 6.18 Å². The van der Waals surface area contributed by atoms with Crippen molar-refractivity contribution in [1.29, 1.82) is 5.26 Å². The fourth-order valence-corrected chi connectivity index (χ4v) is 2.43. The minimum Gasteiger partial charge on any atom is -0.373 e. The molecular weight excluding hydrogens is 339 g/mol. The molecule has 3 heterocycles. The third-order valence-corrected chi connectivity index (χ3v) is 3.69. The minimum atomic E-state index is -4.60. The summed E-state index contributed by atoms with van der Waals surface area (Å²) < 4.78 is 38.4. The van der Waals surface area contributed by atoms with Crippen LogP contribution in [0.25, 0.3) is 11.4 Å². The predicted molar refractivity (Wildman–Crippen MR) is 79.9 cm³/mol. The first-order valence-electron chi connectivity index (χ1n) is 7.14. The normalized spacial score (nSPS) is 20.5. The zero-order valence-electron chi connectivity index (χ0n) is 12.7. The van der Waals surface area contributed by atoms with E-state index in [1.54, 1.807) is 6.07 Å². The summed E-state index contributed by atoms with van der Waals surface area (Å²) in [6.45, 7) is 0.271. The summed E-state index contributed by atoms with van der Waals surface area (Å²) in [6, 6.07) is 3.94. The number of halogens is 3. The van der Waals surface area contributed by atoms with Crippen LogP contribution in [0.3, 0.4) is 0 Å². The molecular formula is C14H12F3N7O. The number of nitrogens with two attached hydrogens (primary N) is 1. The molecule has 25 heavy (non-hydrogen) atoms. The standard InChI is InChI=1S/C14H12F3N7O/c15-14(16,17)9-5-8(1-3-20-9)10-21-11(19)23-12(22-10)24-4-2-13(25,6-18)7-24/h1,3,5,25H,2,4,7H2,(H2,19,21,22,23). The van der Waals surface area contributed by atoms with Crippen LogP contribution in [0.15, 0.2) is 18.3 Å². The van der Waals surface area contributed by atoms with Crippen LogP contribution in [0.1, 0.15) is 12.1 Å². The molecule has 1 atom stereocenters. The number of nitrogens with zero attached hydrogens (tertiary/aromatic N) is 6. The first-order valence-corrected chi connectivity index (χ1v) is 7.14. The zero-order chi connectivity index (χ0) is 18.2. The Labute approximate surface area is 139 Å². The number of anilines is 2. The van der Waals surface area contributed by atoms with Crippen molar-refractivity contribution in [2.45, 2.75) is 18.2 Å². The molecule has 0 radical (unpaired) electrons. The summed E-state index contributed by atoms with van der Waals surface area (Å²) in [5.74, 6) is -0.153. The Kier molecular flexibility index (Phi) is 3.92. The molecule has 0 aliphatic carbocycles. The third kappa shape index (κ3) is 3.43. The fraction of sp³-hybridized carbons (Fsp3) is 0.357. The highest BCUT2D eigenvalue weighted by Gasteiger charge is 2.37. The van der Waals surface area contributed by atoms with Crippen LogP contribution in [0.4, 0.5) is 25.1 Å². The maximum atomic E-state index is 12.8. The highest BCUT2D eigenvalue weighted by Crippen LogP contribution is 2.30. The van der Waals surface area contributed by atoms with E-state index in [4.69, 9.17) is 11.0 Å². The van der Waals surface area contributed by atoms with Gasteiger partial charge in [-0.2, -0.15) is 33.4 Å². The van der Waals surface area contributed by atoms with Gasteiger partial charge >= 0.3 is 6.18 Å². The van der Waals surface area contributed by atoms with Crippen molar-refractivity contribution >= 4 is 11.9 Å². The van der Waals surface area contributed by atoms with Gasteiger partial charge in [-0.05, 0) is 12.1 Å². The van der Waals surface area contributed by atoms with E-state index in [1.165, 1.54) is 11.0 Å². The molecule has 1 aliphatic heterocycles. The quantitative estimate of drug-likeness (QED) is 0.768. The number of pyridine rings is 1. The van der Waals surface area contributed by atoms with E-state index in [0.29, 0.717) is 6.54 Å². The van der Waals surface area contributed by atoms with Gasteiger partial charge in [-0.25, -0.2) is 0 Å². The molecule has 1 aliphatic rings. The SMILES string of the molecule is N#CC1(O)CCN(c2nc(N)nc(-c3ccnc(C(F)(F)F)c3)n2)C1. The zero-order valence-corrected chi connectivity index (χ0v) is 12.7. The lowest BCUT2D eigenvalue weighted by atomic mass is 10.1. The second-order valence-electron chi connectivity index (χ2n) is 5.56. The summed E-state index contributed by atoms with van der Waals surface area (Å²) in [4.78, 5) is 16.7. The molecule has 0 saturated carbocycles. The number of alkyl halides is 3. The topological polar surface area (TPSA) is 125 Å². The Morgan fingerprint density at radius 1 is 1.32 bits per heavy atom. The monoisotopic (exact) mass is 351 g/mol. The van der Waals surface area contributed by atoms with E-state index in [1.807, 2.05) is 0 Å². The highest BCUT2D eigenvalue weighted by molar-refractivity contribution is 5.58. The first kappa shape index (κ1) is 16.8. The van der Waals surface area contributed by atoms with E-state index < -0.39 is 17.5 Å². The summed E-state index contributed by atoms with van der Waals surface area (Å²) in [7, 11) is 0. The second kappa shape index (κ2) is 5.82. The van der Waals surface area contributed by atoms with Gasteiger partial charge in [0.2, 0.25) is 11.9 Å². The van der Waals surface area contributed by atoms with E-state index in [-0.39, 0.29) is 36.3 Å². The molecule has 3 rings (SSSR count). The summed E-state index contributed by atoms with van der Waals surface area (Å²) in [5, 5.41) is 18.9. The summed E-state index contributed by atoms with van der Waals surface area (Å²) in [5.41, 5.74) is 3.11. The molecule has 0 spiro atoms. The number of β-amino-alcohol motifs (C(OH)–C–C–N with tert-alkyl or cyclic N) is 1. The van der Waals surface area contributed by atoms with Gasteiger partial charge in [0.05, 0.1) is 12.6 Å². The van der Waals surface area contributed by atoms with Crippen molar-refractivity contribution < 1.29 is 18.3 Å². The molecule has 0 bridgehead atoms. The third-order valence-electron chi connectivity index (χ3n) is 3.69. The molecule has 2 aromatic heterocycles. The number of hydrogen-bond acceptors (Lipinski definition) is 8. The van der Waals surface area contributed by atoms with Crippen LogP contribution >= 0.6 is 0 Å². The number of hydrogen-bond donors (Lipinski definition) is 2. The lowest BCUT2D eigenvalue weighted by molar-refractivity contribution is -0.141. The Hall–Kier alpha value is -3.00. The van der Waals surface area contributed by atoms with E-state index in [2.05, 4.69) is 19.9 Å². The van der Waals surface area contributed by atoms with E-state index >= 15 is 0 Å². The number of aromatic nitrogens is 4. The molecule has 0 aromatic carbocycles. The molecule has 11 heteroatoms. The Bertz CT molecular complexity index is 851. The Balaban J connectivity index is 1.97. The number of rotatable bonds is 2. The van der Waals surface area contributed by atoms with Crippen molar-refractivity contribution in [3.8, 4) is 17.5 Å². The lowest BCUT2D eigenvalue weighted by Gasteiger charge is -2.18. The fourth-order valence-electron chi connectivity index (χ4n) is 2.43. The average Bonchev–Trinajstić information content (AvgIpc) is 2.97. The van der Waals surface area contributed by atoms with Gasteiger partial charge < -0.3 is 15.7 Å². The average molecular weight is 351 g/mol. The second-order valence-corrected chi connectivity index (χ2v) is 5.56. The highest BCUT2D eigenvalue weighted by atomic mass is 19.4. The van der Waals surface area contributed by atoms with Crippen LogP contribution in [0.5, 0.6) is 0 Å². The van der Waals surface area contributed by atoms with Crippen LogP contribution < -0.4 is 10.6 Å². The van der Waals surface area contributed by atoms with Gasteiger partial charge in [0.25, 0.3) is 0 Å². The van der Waals surface area contributed by atoms with Crippen molar-refractivity contribution in [1.82, 2.24) is 19.9 Å². The van der Waals surface area contributed by atoms with Gasteiger partial charge in [-0.3, -0.25) is 4.98 Å². The van der Waals surface area contributed by atoms with Crippen molar-refractivity contribution in [2.24, 2.45) is 0 Å². The van der Waals surface area contributed by atoms with Gasteiger partial charge in [-0.15, -0.1) is 0 Å².